The Morgan fingerprint density at radius 3 is 1.40 bits per heavy atom. The minimum atomic E-state index is 0. The molecule has 0 fully saturated rings. The van der Waals surface area contributed by atoms with Gasteiger partial charge >= 0.3 is 37.7 Å². The zero-order valence-electron chi connectivity index (χ0n) is 5.62. The van der Waals surface area contributed by atoms with Crippen LogP contribution < -0.4 is 37.7 Å². The van der Waals surface area contributed by atoms with Gasteiger partial charge in [-0.2, -0.15) is 0 Å². The molecule has 0 saturated heterocycles. The summed E-state index contributed by atoms with van der Waals surface area (Å²) in [6.07, 6.45) is 0. The van der Waals surface area contributed by atoms with Gasteiger partial charge in [0, 0.05) is 0 Å². The summed E-state index contributed by atoms with van der Waals surface area (Å²) in [5.74, 6) is 0. The molecule has 0 radical (unpaired) electrons. The first-order chi connectivity index (χ1) is 3.70. The van der Waals surface area contributed by atoms with Crippen molar-refractivity contribution in [1.82, 2.24) is 0 Å². The van der Waals surface area contributed by atoms with Crippen molar-refractivity contribution in [2.24, 2.45) is 9.98 Å². The molecular weight excluding hydrogens is 174 g/mol. The van der Waals surface area contributed by atoms with E-state index in [9.17, 15) is 0 Å². The zero-order chi connectivity index (χ0) is 6.15. The molecule has 1 rings (SSSR count). The van der Waals surface area contributed by atoms with Crippen LogP contribution in [-0.4, -0.2) is 15.2 Å². The standard InChI is InChI=1S/C3H2N2S3.2Li/c6-1-2(7)5-3(8)4-1;;/h(H2,4,5,6,7,8);;/q;2*+1/p-2. The maximum Gasteiger partial charge on any atom is 1.00 e. The Hall–Kier alpha value is 1.06. The van der Waals surface area contributed by atoms with E-state index < -0.39 is 0 Å². The van der Waals surface area contributed by atoms with E-state index in [1.165, 1.54) is 0 Å². The van der Waals surface area contributed by atoms with Crippen LogP contribution in [0.1, 0.15) is 0 Å². The van der Waals surface area contributed by atoms with Crippen LogP contribution in [0, 0.1) is 0 Å². The molecule has 1 aliphatic heterocycles. The van der Waals surface area contributed by atoms with E-state index in [0.29, 0.717) is 10.1 Å². The summed E-state index contributed by atoms with van der Waals surface area (Å²) in [4.78, 5) is 7.25. The third-order valence-electron chi connectivity index (χ3n) is 0.577. The SMILES string of the molecule is S=C1N=C([S-])C([S-])=N1.[Li+].[Li+]. The van der Waals surface area contributed by atoms with Crippen molar-refractivity contribution in [2.45, 2.75) is 0 Å². The van der Waals surface area contributed by atoms with Gasteiger partial charge in [0.15, 0.2) is 0 Å². The molecule has 10 heavy (non-hydrogen) atoms. The Balaban J connectivity index is 0. The average Bonchev–Trinajstić information content (AvgIpc) is 1.85. The quantitative estimate of drug-likeness (QED) is 0.208. The van der Waals surface area contributed by atoms with Crippen molar-refractivity contribution in [3.05, 3.63) is 0 Å². The molecule has 0 aromatic carbocycles. The van der Waals surface area contributed by atoms with Crippen molar-refractivity contribution in [3.63, 3.8) is 0 Å². The number of hydrogen-bond acceptors (Lipinski definition) is 3. The van der Waals surface area contributed by atoms with E-state index in [1.54, 1.807) is 0 Å². The summed E-state index contributed by atoms with van der Waals surface area (Å²) >= 11 is 13.8. The van der Waals surface area contributed by atoms with Crippen molar-refractivity contribution in [1.29, 1.82) is 0 Å². The number of nitrogens with zero attached hydrogens (tertiary/aromatic N) is 2. The molecule has 0 N–H and O–H groups in total. The monoisotopic (exact) mass is 174 g/mol. The first-order valence-corrected chi connectivity index (χ1v) is 2.98. The summed E-state index contributed by atoms with van der Waals surface area (Å²) in [7, 11) is 0. The maximum atomic E-state index is 4.63. The smallest absolute Gasteiger partial charge is 0.760 e. The van der Waals surface area contributed by atoms with Gasteiger partial charge < -0.3 is 25.3 Å². The Labute approximate surface area is 99.5 Å². The number of rotatable bonds is 0. The van der Waals surface area contributed by atoms with Gasteiger partial charge in [0.2, 0.25) is 5.11 Å². The van der Waals surface area contributed by atoms with Gasteiger partial charge in [-0.1, -0.05) is 10.1 Å². The predicted octanol–water partition coefficient (Wildman–Crippen LogP) is -5.82. The van der Waals surface area contributed by atoms with E-state index in [2.05, 4.69) is 47.5 Å². The normalized spacial score (nSPS) is 14.6. The first-order valence-electron chi connectivity index (χ1n) is 1.76. The van der Waals surface area contributed by atoms with Crippen molar-refractivity contribution < 1.29 is 37.7 Å². The number of aliphatic imine (C=N–C) groups is 2. The van der Waals surface area contributed by atoms with Crippen molar-refractivity contribution in [2.75, 3.05) is 0 Å². The molecule has 2 nitrogen and oxygen atoms in total. The fourth-order valence-corrected chi connectivity index (χ4v) is 0.857. The fourth-order valence-electron chi connectivity index (χ4n) is 0.294. The van der Waals surface area contributed by atoms with Crippen molar-refractivity contribution >= 4 is 52.7 Å². The van der Waals surface area contributed by atoms with E-state index >= 15 is 0 Å². The molecule has 42 valence electrons. The minimum Gasteiger partial charge on any atom is -0.760 e. The molecule has 1 heterocycles. The maximum absolute atomic E-state index is 4.63. The Bertz CT molecular complexity index is 180. The van der Waals surface area contributed by atoms with Crippen LogP contribution in [0.4, 0.5) is 0 Å². The summed E-state index contributed by atoms with van der Waals surface area (Å²) in [5, 5.41) is 0.926. The second-order valence-corrected chi connectivity index (χ2v) is 2.26. The Morgan fingerprint density at radius 2 is 1.30 bits per heavy atom. The second kappa shape index (κ2) is 5.68. The van der Waals surface area contributed by atoms with Gasteiger partial charge in [0.1, 0.15) is 0 Å². The van der Waals surface area contributed by atoms with E-state index in [4.69, 9.17) is 0 Å². The molecule has 0 aliphatic carbocycles. The van der Waals surface area contributed by atoms with E-state index in [1.807, 2.05) is 0 Å². The van der Waals surface area contributed by atoms with Crippen LogP contribution in [0.5, 0.6) is 0 Å². The van der Waals surface area contributed by atoms with Gasteiger partial charge in [0.25, 0.3) is 0 Å². The predicted molar refractivity (Wildman–Crippen MR) is 42.2 cm³/mol. The first kappa shape index (κ1) is 13.6. The average molecular weight is 174 g/mol. The molecule has 1 aliphatic rings. The van der Waals surface area contributed by atoms with Gasteiger partial charge in [-0.05, 0) is 12.2 Å². The summed E-state index contributed by atoms with van der Waals surface area (Å²) in [6, 6.07) is 0. The fraction of sp³-hybridized carbons (Fsp3) is 0. The Morgan fingerprint density at radius 1 is 1.00 bits per heavy atom. The van der Waals surface area contributed by atoms with Crippen LogP contribution in [-0.2, 0) is 25.3 Å². The minimum absolute atomic E-state index is 0. The third kappa shape index (κ3) is 3.45. The summed E-state index contributed by atoms with van der Waals surface area (Å²) in [5.41, 5.74) is 0. The molecular formula is C3Li2N2S3. The summed E-state index contributed by atoms with van der Waals surface area (Å²) in [6.45, 7) is 0. The van der Waals surface area contributed by atoms with Crippen LogP contribution >= 0.6 is 12.2 Å². The third-order valence-corrected chi connectivity index (χ3v) is 1.46. The molecule has 0 atom stereocenters. The van der Waals surface area contributed by atoms with Gasteiger partial charge in [-0.15, -0.1) is 0 Å². The zero-order valence-corrected chi connectivity index (χ0v) is 8.07. The molecule has 0 aromatic heterocycles. The van der Waals surface area contributed by atoms with Gasteiger partial charge in [0.05, 0.1) is 0 Å². The number of thiocarbonyl (C=S) groups is 1. The molecule has 0 aromatic rings. The van der Waals surface area contributed by atoms with Crippen LogP contribution in [0.25, 0.3) is 0 Å². The molecule has 0 spiro atoms. The Kier molecular flexibility index (Phi) is 7.75. The molecule has 0 saturated carbocycles. The summed E-state index contributed by atoms with van der Waals surface area (Å²) < 4.78 is 0. The van der Waals surface area contributed by atoms with E-state index in [-0.39, 0.29) is 42.8 Å². The van der Waals surface area contributed by atoms with Crippen LogP contribution in [0.15, 0.2) is 9.98 Å². The van der Waals surface area contributed by atoms with E-state index in [0.717, 1.165) is 0 Å². The molecule has 0 bridgehead atoms. The number of hydrogen-bond donors (Lipinski definition) is 0. The topological polar surface area (TPSA) is 24.7 Å². The molecule has 7 heteroatoms. The second-order valence-electron chi connectivity index (χ2n) is 1.12. The van der Waals surface area contributed by atoms with Crippen LogP contribution in [0.3, 0.4) is 0 Å². The van der Waals surface area contributed by atoms with Crippen LogP contribution in [0.2, 0.25) is 0 Å². The largest absolute Gasteiger partial charge is 1.00 e. The molecule has 0 amide bonds. The van der Waals surface area contributed by atoms with Gasteiger partial charge in [-0.3, -0.25) is 0 Å². The molecule has 0 unspecified atom stereocenters. The van der Waals surface area contributed by atoms with Gasteiger partial charge in [-0.25, -0.2) is 9.98 Å². The van der Waals surface area contributed by atoms with Crippen molar-refractivity contribution in [3.8, 4) is 0 Å².